The zero-order valence-corrected chi connectivity index (χ0v) is 12.4. The van der Waals surface area contributed by atoms with Crippen molar-refractivity contribution in [3.05, 3.63) is 42.3 Å². The molecule has 0 aliphatic carbocycles. The zero-order valence-electron chi connectivity index (χ0n) is 11.6. The number of likely N-dealkylation sites (N-methyl/N-ethyl adjacent to an activating group) is 1. The summed E-state index contributed by atoms with van der Waals surface area (Å²) in [5.74, 6) is 0.626. The summed E-state index contributed by atoms with van der Waals surface area (Å²) in [6, 6.07) is 7.85. The highest BCUT2D eigenvalue weighted by atomic mass is 32.2. The molecule has 0 radical (unpaired) electrons. The molecule has 0 spiro atoms. The second kappa shape index (κ2) is 7.21. The third-order valence-corrected chi connectivity index (χ3v) is 4.11. The molecule has 0 atom stereocenters. The third-order valence-electron chi connectivity index (χ3n) is 2.69. The molecular weight excluding hydrogens is 294 g/mol. The predicted molar refractivity (Wildman–Crippen MR) is 76.4 cm³/mol. The highest BCUT2D eigenvalue weighted by Crippen LogP contribution is 2.16. The quantitative estimate of drug-likeness (QED) is 0.699. The van der Waals surface area contributed by atoms with Crippen LogP contribution < -0.4 is 14.8 Å². The maximum Gasteiger partial charge on any atom is 0.240 e. The van der Waals surface area contributed by atoms with E-state index in [1.165, 1.54) is 18.4 Å². The minimum Gasteiger partial charge on any atom is -0.492 e. The molecule has 0 amide bonds. The molecule has 2 N–H and O–H groups in total. The minimum atomic E-state index is -3.58. The van der Waals surface area contributed by atoms with Gasteiger partial charge in [0.15, 0.2) is 0 Å². The molecule has 21 heavy (non-hydrogen) atoms. The van der Waals surface area contributed by atoms with Gasteiger partial charge in [-0.15, -0.1) is 0 Å². The lowest BCUT2D eigenvalue weighted by molar-refractivity contribution is 0.318. The molecule has 1 heterocycles. The van der Waals surface area contributed by atoms with Gasteiger partial charge in [0.25, 0.3) is 0 Å². The predicted octanol–water partition coefficient (Wildman–Crippen LogP) is 0.751. The van der Waals surface area contributed by atoms with Gasteiger partial charge in [-0.3, -0.25) is 0 Å². The van der Waals surface area contributed by atoms with Crippen LogP contribution in [-0.4, -0.2) is 33.8 Å². The van der Waals surface area contributed by atoms with E-state index in [2.05, 4.69) is 19.7 Å². The number of nitrogens with zero attached hydrogens (tertiary/aromatic N) is 1. The lowest BCUT2D eigenvalue weighted by Crippen LogP contribution is -2.23. The van der Waals surface area contributed by atoms with Crippen molar-refractivity contribution in [1.29, 1.82) is 0 Å². The number of ether oxygens (including phenoxy) is 1. The Morgan fingerprint density at radius 3 is 2.62 bits per heavy atom. The summed E-state index contributed by atoms with van der Waals surface area (Å²) < 4.78 is 36.7. The van der Waals surface area contributed by atoms with Gasteiger partial charge in [0, 0.05) is 12.6 Å². The SMILES string of the molecule is CNCCOc1ccc(S(=O)(=O)NCc2ccon2)cc1. The molecule has 0 aliphatic rings. The van der Waals surface area contributed by atoms with Gasteiger partial charge in [0.05, 0.1) is 17.1 Å². The number of sulfonamides is 1. The number of nitrogens with one attached hydrogen (secondary N) is 2. The molecule has 0 fully saturated rings. The first-order chi connectivity index (χ1) is 10.1. The lowest BCUT2D eigenvalue weighted by atomic mass is 10.3. The summed E-state index contributed by atoms with van der Waals surface area (Å²) in [6.45, 7) is 1.32. The molecule has 2 rings (SSSR count). The van der Waals surface area contributed by atoms with Gasteiger partial charge in [-0.25, -0.2) is 13.1 Å². The fourth-order valence-electron chi connectivity index (χ4n) is 1.57. The van der Waals surface area contributed by atoms with Crippen molar-refractivity contribution in [3.63, 3.8) is 0 Å². The van der Waals surface area contributed by atoms with E-state index in [1.54, 1.807) is 18.2 Å². The Bertz CT molecular complexity index is 639. The van der Waals surface area contributed by atoms with Crippen molar-refractivity contribution in [2.75, 3.05) is 20.2 Å². The molecule has 8 heteroatoms. The van der Waals surface area contributed by atoms with Crippen LogP contribution in [0.4, 0.5) is 0 Å². The van der Waals surface area contributed by atoms with Gasteiger partial charge < -0.3 is 14.6 Å². The second-order valence-electron chi connectivity index (χ2n) is 4.24. The average Bonchev–Trinajstić information content (AvgIpc) is 3.00. The van der Waals surface area contributed by atoms with E-state index in [0.717, 1.165) is 6.54 Å². The maximum absolute atomic E-state index is 12.1. The molecule has 1 aromatic heterocycles. The van der Waals surface area contributed by atoms with Crippen LogP contribution in [-0.2, 0) is 16.6 Å². The largest absolute Gasteiger partial charge is 0.492 e. The normalized spacial score (nSPS) is 11.5. The van der Waals surface area contributed by atoms with Crippen LogP contribution in [0.2, 0.25) is 0 Å². The maximum atomic E-state index is 12.1. The van der Waals surface area contributed by atoms with Crippen molar-refractivity contribution in [1.82, 2.24) is 15.2 Å². The fraction of sp³-hybridized carbons (Fsp3) is 0.308. The van der Waals surface area contributed by atoms with Crippen LogP contribution in [0.3, 0.4) is 0 Å². The van der Waals surface area contributed by atoms with Crippen LogP contribution in [0.1, 0.15) is 5.69 Å². The standard InChI is InChI=1S/C13H17N3O4S/c1-14-7-9-19-12-2-4-13(5-3-12)21(17,18)15-10-11-6-8-20-16-11/h2-6,8,14-15H,7,9-10H2,1H3. The Hall–Kier alpha value is -1.90. The minimum absolute atomic E-state index is 0.0826. The summed E-state index contributed by atoms with van der Waals surface area (Å²) in [5, 5.41) is 6.60. The van der Waals surface area contributed by atoms with Crippen molar-refractivity contribution in [2.45, 2.75) is 11.4 Å². The number of aromatic nitrogens is 1. The van der Waals surface area contributed by atoms with E-state index in [1.807, 2.05) is 7.05 Å². The zero-order chi connectivity index (χ0) is 15.1. The van der Waals surface area contributed by atoms with Crippen molar-refractivity contribution < 1.29 is 17.7 Å². The molecular formula is C13H17N3O4S. The molecule has 1 aromatic carbocycles. The monoisotopic (exact) mass is 311 g/mol. The number of benzene rings is 1. The van der Waals surface area contributed by atoms with E-state index in [0.29, 0.717) is 18.1 Å². The van der Waals surface area contributed by atoms with E-state index < -0.39 is 10.0 Å². The number of hydrogen-bond acceptors (Lipinski definition) is 6. The first-order valence-corrected chi connectivity index (χ1v) is 7.86. The molecule has 2 aromatic rings. The number of rotatable bonds is 8. The van der Waals surface area contributed by atoms with Gasteiger partial charge in [-0.2, -0.15) is 0 Å². The van der Waals surface area contributed by atoms with Crippen molar-refractivity contribution >= 4 is 10.0 Å². The first-order valence-electron chi connectivity index (χ1n) is 6.38. The Morgan fingerprint density at radius 2 is 2.00 bits per heavy atom. The van der Waals surface area contributed by atoms with Gasteiger partial charge >= 0.3 is 0 Å². The summed E-state index contributed by atoms with van der Waals surface area (Å²) in [7, 11) is -1.74. The molecule has 7 nitrogen and oxygen atoms in total. The average molecular weight is 311 g/mol. The highest BCUT2D eigenvalue weighted by Gasteiger charge is 2.14. The lowest BCUT2D eigenvalue weighted by Gasteiger charge is -2.08. The molecule has 0 bridgehead atoms. The van der Waals surface area contributed by atoms with Crippen LogP contribution in [0.25, 0.3) is 0 Å². The first kappa shape index (κ1) is 15.5. The Kier molecular flexibility index (Phi) is 5.32. The number of hydrogen-bond donors (Lipinski definition) is 2. The van der Waals surface area contributed by atoms with Crippen LogP contribution in [0, 0.1) is 0 Å². The fourth-order valence-corrected chi connectivity index (χ4v) is 2.57. The van der Waals surface area contributed by atoms with E-state index >= 15 is 0 Å². The van der Waals surface area contributed by atoms with Crippen molar-refractivity contribution in [2.24, 2.45) is 0 Å². The summed E-state index contributed by atoms with van der Waals surface area (Å²) in [5.41, 5.74) is 0.519. The van der Waals surface area contributed by atoms with E-state index in [4.69, 9.17) is 4.74 Å². The highest BCUT2D eigenvalue weighted by molar-refractivity contribution is 7.89. The van der Waals surface area contributed by atoms with Crippen LogP contribution >= 0.6 is 0 Å². The molecule has 0 saturated carbocycles. The third kappa shape index (κ3) is 4.55. The summed E-state index contributed by atoms with van der Waals surface area (Å²) in [4.78, 5) is 0.173. The van der Waals surface area contributed by atoms with Gasteiger partial charge in [-0.05, 0) is 31.3 Å². The van der Waals surface area contributed by atoms with Gasteiger partial charge in [-0.1, -0.05) is 5.16 Å². The Morgan fingerprint density at radius 1 is 1.24 bits per heavy atom. The summed E-state index contributed by atoms with van der Waals surface area (Å²) >= 11 is 0. The van der Waals surface area contributed by atoms with Crippen LogP contribution in [0.5, 0.6) is 5.75 Å². The topological polar surface area (TPSA) is 93.5 Å². The summed E-state index contributed by atoms with van der Waals surface area (Å²) in [6.07, 6.45) is 1.39. The van der Waals surface area contributed by atoms with Crippen LogP contribution in [0.15, 0.2) is 46.0 Å². The smallest absolute Gasteiger partial charge is 0.240 e. The van der Waals surface area contributed by atoms with E-state index in [-0.39, 0.29) is 11.4 Å². The Balaban J connectivity index is 1.96. The Labute approximate surface area is 123 Å². The molecule has 0 unspecified atom stereocenters. The molecule has 0 saturated heterocycles. The van der Waals surface area contributed by atoms with E-state index in [9.17, 15) is 8.42 Å². The van der Waals surface area contributed by atoms with Crippen molar-refractivity contribution in [3.8, 4) is 5.75 Å². The molecule has 114 valence electrons. The molecule has 0 aliphatic heterocycles. The second-order valence-corrected chi connectivity index (χ2v) is 6.01. The van der Waals surface area contributed by atoms with Gasteiger partial charge in [0.2, 0.25) is 10.0 Å². The van der Waals surface area contributed by atoms with Gasteiger partial charge in [0.1, 0.15) is 18.6 Å².